The van der Waals surface area contributed by atoms with Gasteiger partial charge in [0.25, 0.3) is 5.91 Å². The van der Waals surface area contributed by atoms with Gasteiger partial charge in [-0.2, -0.15) is 0 Å². The molecule has 1 fully saturated rings. The molecule has 2 amide bonds. The number of primary amides is 1. The molecule has 1 saturated heterocycles. The molecular formula is C30H42N2O10. The number of fused-ring (bicyclic) bond motifs is 3. The average molecular weight is 591 g/mol. The van der Waals surface area contributed by atoms with Crippen molar-refractivity contribution in [3.63, 3.8) is 0 Å². The summed E-state index contributed by atoms with van der Waals surface area (Å²) in [6.07, 6.45) is 2.87. The second kappa shape index (κ2) is 13.9. The van der Waals surface area contributed by atoms with Crippen LogP contribution in [0.5, 0.6) is 0 Å². The highest BCUT2D eigenvalue weighted by Gasteiger charge is 2.57. The molecule has 232 valence electrons. The summed E-state index contributed by atoms with van der Waals surface area (Å²) in [4.78, 5) is 51.2. The van der Waals surface area contributed by atoms with E-state index in [9.17, 15) is 19.2 Å². The fourth-order valence-corrected chi connectivity index (χ4v) is 5.70. The molecule has 2 aliphatic heterocycles. The van der Waals surface area contributed by atoms with Crippen LogP contribution < -0.4 is 11.1 Å². The monoisotopic (exact) mass is 590 g/mol. The summed E-state index contributed by atoms with van der Waals surface area (Å²) in [6.45, 7) is 7.17. The van der Waals surface area contributed by atoms with Gasteiger partial charge in [0.2, 0.25) is 5.78 Å². The summed E-state index contributed by atoms with van der Waals surface area (Å²) < 4.78 is 34.2. The van der Waals surface area contributed by atoms with Crippen molar-refractivity contribution in [1.82, 2.24) is 5.32 Å². The zero-order valence-electron chi connectivity index (χ0n) is 25.4. The van der Waals surface area contributed by atoms with Crippen LogP contribution in [0.4, 0.5) is 4.79 Å². The number of allylic oxidation sites excluding steroid dienone is 3. The van der Waals surface area contributed by atoms with Gasteiger partial charge in [-0.3, -0.25) is 14.4 Å². The van der Waals surface area contributed by atoms with Crippen molar-refractivity contribution in [3.05, 3.63) is 47.2 Å². The molecule has 0 saturated carbocycles. The van der Waals surface area contributed by atoms with Gasteiger partial charge >= 0.3 is 6.09 Å². The van der Waals surface area contributed by atoms with E-state index in [1.54, 1.807) is 40.2 Å². The van der Waals surface area contributed by atoms with Crippen molar-refractivity contribution in [2.24, 2.45) is 17.6 Å². The first-order valence-corrected chi connectivity index (χ1v) is 13.8. The molecule has 1 aliphatic carbocycles. The summed E-state index contributed by atoms with van der Waals surface area (Å²) in [5.41, 5.74) is 4.71. The first-order valence-electron chi connectivity index (χ1n) is 13.8. The minimum atomic E-state index is -1.31. The summed E-state index contributed by atoms with van der Waals surface area (Å²) in [5, 5.41) is 2.57. The number of nitrogens with one attached hydrogen (secondary N) is 1. The number of rotatable bonds is 5. The van der Waals surface area contributed by atoms with Crippen molar-refractivity contribution >= 4 is 23.6 Å². The zero-order chi connectivity index (χ0) is 31.4. The van der Waals surface area contributed by atoms with Crippen LogP contribution >= 0.6 is 0 Å². The second-order valence-corrected chi connectivity index (χ2v) is 11.0. The van der Waals surface area contributed by atoms with Crippen molar-refractivity contribution in [2.45, 2.75) is 76.3 Å². The molecule has 12 nitrogen and oxygen atoms in total. The van der Waals surface area contributed by atoms with Crippen LogP contribution in [-0.4, -0.2) is 94.2 Å². The molecule has 0 aromatic rings. The average Bonchev–Trinajstić information content (AvgIpc) is 3.61. The lowest BCUT2D eigenvalue weighted by Gasteiger charge is -2.34. The van der Waals surface area contributed by atoms with Crippen molar-refractivity contribution in [2.75, 3.05) is 28.4 Å². The van der Waals surface area contributed by atoms with Gasteiger partial charge in [-0.15, -0.1) is 0 Å². The Morgan fingerprint density at radius 1 is 1.00 bits per heavy atom. The van der Waals surface area contributed by atoms with E-state index in [4.69, 9.17) is 34.2 Å². The SMILES string of the molecule is CO[C@H]1[C@@H](OC)C[C@H](C)[C@@H](OC)C2=CC(=O)C=C(NC(=O)C3(C)OC3/C=C\[C@H](OC)[C@@H](OC(N)=O)/C(C)=C/[C@@H]1C)C2=O. The number of ketones is 2. The minimum Gasteiger partial charge on any atom is -0.439 e. The molecule has 0 spiro atoms. The van der Waals surface area contributed by atoms with Gasteiger partial charge in [0.05, 0.1) is 24.0 Å². The lowest BCUT2D eigenvalue weighted by Crippen LogP contribution is -2.42. The predicted octanol–water partition coefficient (Wildman–Crippen LogP) is 1.92. The number of amides is 2. The highest BCUT2D eigenvalue weighted by Crippen LogP contribution is 2.38. The maximum atomic E-state index is 13.5. The largest absolute Gasteiger partial charge is 0.439 e. The fourth-order valence-electron chi connectivity index (χ4n) is 5.70. The predicted molar refractivity (Wildman–Crippen MR) is 151 cm³/mol. The van der Waals surface area contributed by atoms with Gasteiger partial charge in [-0.1, -0.05) is 32.1 Å². The summed E-state index contributed by atoms with van der Waals surface area (Å²) in [5.74, 6) is -2.12. The Labute approximate surface area is 246 Å². The zero-order valence-corrected chi connectivity index (χ0v) is 25.4. The lowest BCUT2D eigenvalue weighted by atomic mass is 9.84. The molecule has 3 N–H and O–H groups in total. The van der Waals surface area contributed by atoms with Gasteiger partial charge in [0.1, 0.15) is 12.2 Å². The third-order valence-electron chi connectivity index (χ3n) is 8.05. The quantitative estimate of drug-likeness (QED) is 0.275. The van der Waals surface area contributed by atoms with E-state index in [-0.39, 0.29) is 23.1 Å². The first-order chi connectivity index (χ1) is 19.8. The summed E-state index contributed by atoms with van der Waals surface area (Å²) in [7, 11) is 6.04. The number of carbonyl (C=O) groups excluding carboxylic acids is 4. The molecule has 42 heavy (non-hydrogen) atoms. The van der Waals surface area contributed by atoms with Gasteiger partial charge in [-0.25, -0.2) is 4.79 Å². The number of ether oxygens (including phenoxy) is 6. The normalized spacial score (nSPS) is 38.3. The van der Waals surface area contributed by atoms with Crippen molar-refractivity contribution < 1.29 is 47.6 Å². The van der Waals surface area contributed by atoms with E-state index in [0.29, 0.717) is 12.0 Å². The first kappa shape index (κ1) is 33.3. The van der Waals surface area contributed by atoms with Gasteiger partial charge < -0.3 is 39.5 Å². The van der Waals surface area contributed by atoms with Crippen molar-refractivity contribution in [1.29, 1.82) is 0 Å². The molecule has 0 aromatic carbocycles. The van der Waals surface area contributed by atoms with Crippen molar-refractivity contribution in [3.8, 4) is 0 Å². The molecular weight excluding hydrogens is 548 g/mol. The minimum absolute atomic E-state index is 0.131. The highest BCUT2D eigenvalue weighted by molar-refractivity contribution is 6.21. The summed E-state index contributed by atoms with van der Waals surface area (Å²) >= 11 is 0. The maximum absolute atomic E-state index is 13.5. The number of Topliss-reactive ketones (excluding diaryl/α,β-unsaturated/α-hetero) is 1. The fraction of sp³-hybridized carbons (Fsp3) is 0.600. The Kier molecular flexibility index (Phi) is 11.0. The third-order valence-corrected chi connectivity index (χ3v) is 8.05. The van der Waals surface area contributed by atoms with Crippen LogP contribution in [-0.2, 0) is 42.8 Å². The molecule has 2 bridgehead atoms. The molecule has 3 aliphatic rings. The number of hydrogen-bond acceptors (Lipinski definition) is 10. The van der Waals surface area contributed by atoms with Crippen LogP contribution in [0.25, 0.3) is 0 Å². The smallest absolute Gasteiger partial charge is 0.405 e. The Bertz CT molecular complexity index is 1190. The van der Waals surface area contributed by atoms with Gasteiger partial charge in [-0.05, 0) is 37.8 Å². The number of methoxy groups -OCH3 is 4. The Balaban J connectivity index is 2.09. The van der Waals surface area contributed by atoms with Gasteiger partial charge in [0, 0.05) is 46.0 Å². The number of carbonyl (C=O) groups is 4. The molecule has 2 unspecified atom stereocenters. The number of nitrogens with two attached hydrogens (primary N) is 1. The van der Waals surface area contributed by atoms with E-state index < -0.39 is 65.8 Å². The molecule has 2 heterocycles. The highest BCUT2D eigenvalue weighted by atomic mass is 16.6. The molecule has 9 atom stereocenters. The van der Waals surface area contributed by atoms with E-state index in [1.807, 2.05) is 19.9 Å². The Hall–Kier alpha value is -3.16. The van der Waals surface area contributed by atoms with E-state index >= 15 is 0 Å². The van der Waals surface area contributed by atoms with Crippen LogP contribution in [0.3, 0.4) is 0 Å². The van der Waals surface area contributed by atoms with Crippen LogP contribution in [0.15, 0.2) is 47.2 Å². The Morgan fingerprint density at radius 2 is 1.69 bits per heavy atom. The van der Waals surface area contributed by atoms with E-state index in [2.05, 4.69) is 5.32 Å². The Morgan fingerprint density at radius 3 is 2.26 bits per heavy atom. The number of epoxide rings is 1. The van der Waals surface area contributed by atoms with E-state index in [0.717, 1.165) is 6.08 Å². The standard InChI is InChI=1S/C30H42N2O10/c1-15-11-16(2)27(41-29(31)36)21(37-5)9-10-23-30(4,42-23)28(35)32-20-14-18(33)13-19(24(20)34)25(39-7)17(3)12-22(38-6)26(15)40-8/h9-11,13-15,17,21-23,25-27H,12H2,1-8H3,(H2,31,36)(H,32,35)/b10-9-,16-11+/t15-,17-,21-,22-,23?,25+,26+,27-,30?/m0/s1. The molecule has 0 aromatic heterocycles. The lowest BCUT2D eigenvalue weighted by molar-refractivity contribution is -0.126. The van der Waals surface area contributed by atoms with Crippen LogP contribution in [0, 0.1) is 11.8 Å². The topological polar surface area (TPSA) is 165 Å². The molecule has 3 rings (SSSR count). The molecule has 12 heteroatoms. The van der Waals surface area contributed by atoms with Gasteiger partial charge in [0.15, 0.2) is 17.5 Å². The molecule has 0 radical (unpaired) electrons. The van der Waals surface area contributed by atoms with Crippen LogP contribution in [0.2, 0.25) is 0 Å². The number of hydrogen-bond donors (Lipinski definition) is 2. The second-order valence-electron chi connectivity index (χ2n) is 11.0. The third kappa shape index (κ3) is 7.24. The maximum Gasteiger partial charge on any atom is 0.405 e. The summed E-state index contributed by atoms with van der Waals surface area (Å²) in [6, 6.07) is 0. The van der Waals surface area contributed by atoms with E-state index in [1.165, 1.54) is 20.3 Å². The van der Waals surface area contributed by atoms with Crippen LogP contribution in [0.1, 0.15) is 34.1 Å².